The molecular weight excluding hydrogens is 234 g/mol. The van der Waals surface area contributed by atoms with Crippen molar-refractivity contribution in [2.75, 3.05) is 0 Å². The maximum atomic E-state index is 11.7. The third-order valence-corrected chi connectivity index (χ3v) is 5.39. The van der Waals surface area contributed by atoms with Crippen LogP contribution in [0.1, 0.15) is 36.4 Å². The molecular formula is C13H17NO2S. The van der Waals surface area contributed by atoms with Crippen molar-refractivity contribution in [1.29, 1.82) is 0 Å². The number of aliphatic carboxylic acids is 1. The van der Waals surface area contributed by atoms with Gasteiger partial charge in [0.05, 0.1) is 16.1 Å². The number of aromatic nitrogens is 1. The normalized spacial score (nSPS) is 35.4. The lowest BCUT2D eigenvalue weighted by molar-refractivity contribution is -0.152. The van der Waals surface area contributed by atoms with Crippen molar-refractivity contribution >= 4 is 17.3 Å². The molecule has 1 aromatic rings. The Bertz CT molecular complexity index is 456. The maximum Gasteiger partial charge on any atom is 0.310 e. The minimum Gasteiger partial charge on any atom is -0.481 e. The lowest BCUT2D eigenvalue weighted by Gasteiger charge is -2.33. The number of carboxylic acids is 1. The van der Waals surface area contributed by atoms with Gasteiger partial charge in [-0.15, -0.1) is 11.3 Å². The second-order valence-corrected chi connectivity index (χ2v) is 6.64. The van der Waals surface area contributed by atoms with Crippen LogP contribution in [0.15, 0.2) is 5.38 Å². The maximum absolute atomic E-state index is 11.7. The fourth-order valence-corrected chi connectivity index (χ4v) is 4.42. The average molecular weight is 251 g/mol. The Kier molecular flexibility index (Phi) is 2.51. The number of fused-ring (bicyclic) bond motifs is 2. The van der Waals surface area contributed by atoms with Gasteiger partial charge in [0, 0.05) is 11.8 Å². The highest BCUT2D eigenvalue weighted by atomic mass is 32.1. The number of thiazole rings is 1. The van der Waals surface area contributed by atoms with E-state index in [9.17, 15) is 9.90 Å². The van der Waals surface area contributed by atoms with Crippen molar-refractivity contribution in [2.45, 2.75) is 39.0 Å². The molecule has 17 heavy (non-hydrogen) atoms. The van der Waals surface area contributed by atoms with E-state index in [0.29, 0.717) is 18.3 Å². The molecule has 2 fully saturated rings. The van der Waals surface area contributed by atoms with Crippen LogP contribution in [0, 0.1) is 24.2 Å². The van der Waals surface area contributed by atoms with Gasteiger partial charge in [0.2, 0.25) is 0 Å². The second-order valence-electron chi connectivity index (χ2n) is 5.58. The Morgan fingerprint density at radius 2 is 2.47 bits per heavy atom. The molecule has 0 aliphatic heterocycles. The van der Waals surface area contributed by atoms with Gasteiger partial charge >= 0.3 is 5.97 Å². The molecule has 1 N–H and O–H groups in total. The number of hydrogen-bond donors (Lipinski definition) is 1. The van der Waals surface area contributed by atoms with Crippen molar-refractivity contribution in [3.63, 3.8) is 0 Å². The van der Waals surface area contributed by atoms with Crippen LogP contribution in [0.25, 0.3) is 0 Å². The van der Waals surface area contributed by atoms with Crippen molar-refractivity contribution in [2.24, 2.45) is 17.3 Å². The average Bonchev–Trinajstić information content (AvgIpc) is 2.94. The number of hydrogen-bond acceptors (Lipinski definition) is 3. The third-order valence-electron chi connectivity index (χ3n) is 4.56. The molecule has 0 aromatic carbocycles. The standard InChI is InChI=1S/C13H17NO2S/c1-8-14-11(7-17-8)6-13(12(15)16)5-9-2-3-10(13)4-9/h7,9-10H,2-6H2,1H3,(H,15,16). The monoisotopic (exact) mass is 251 g/mol. The van der Waals surface area contributed by atoms with Crippen LogP contribution in [0.4, 0.5) is 0 Å². The predicted molar refractivity (Wildman–Crippen MR) is 66.1 cm³/mol. The molecule has 1 aromatic heterocycles. The number of carboxylic acid groups (broad SMARTS) is 1. The molecule has 2 aliphatic carbocycles. The summed E-state index contributed by atoms with van der Waals surface area (Å²) in [6.07, 6.45) is 4.95. The van der Waals surface area contributed by atoms with Crippen molar-refractivity contribution in [3.05, 3.63) is 16.1 Å². The number of rotatable bonds is 3. The first kappa shape index (κ1) is 11.2. The second kappa shape index (κ2) is 3.80. The van der Waals surface area contributed by atoms with E-state index < -0.39 is 11.4 Å². The lowest BCUT2D eigenvalue weighted by Crippen LogP contribution is -2.38. The molecule has 4 heteroatoms. The first-order valence-electron chi connectivity index (χ1n) is 6.24. The zero-order chi connectivity index (χ0) is 12.0. The van der Waals surface area contributed by atoms with Crippen molar-refractivity contribution in [1.82, 2.24) is 4.98 Å². The number of aryl methyl sites for hydroxylation is 1. The van der Waals surface area contributed by atoms with Gasteiger partial charge in [-0.3, -0.25) is 4.79 Å². The zero-order valence-electron chi connectivity index (χ0n) is 9.98. The van der Waals surface area contributed by atoms with E-state index in [-0.39, 0.29) is 0 Å². The van der Waals surface area contributed by atoms with Gasteiger partial charge < -0.3 is 5.11 Å². The van der Waals surface area contributed by atoms with Crippen LogP contribution in [-0.4, -0.2) is 16.1 Å². The molecule has 3 unspecified atom stereocenters. The number of nitrogens with zero attached hydrogens (tertiary/aromatic N) is 1. The molecule has 1 heterocycles. The summed E-state index contributed by atoms with van der Waals surface area (Å²) in [5.41, 5.74) is 0.464. The molecule has 2 aliphatic rings. The molecule has 3 nitrogen and oxygen atoms in total. The highest BCUT2D eigenvalue weighted by molar-refractivity contribution is 7.09. The van der Waals surface area contributed by atoms with Gasteiger partial charge in [0.15, 0.2) is 0 Å². The molecule has 0 radical (unpaired) electrons. The van der Waals surface area contributed by atoms with E-state index in [1.54, 1.807) is 11.3 Å². The van der Waals surface area contributed by atoms with Crippen molar-refractivity contribution in [3.8, 4) is 0 Å². The predicted octanol–water partition coefficient (Wildman–Crippen LogP) is 2.89. The first-order chi connectivity index (χ1) is 8.10. The van der Waals surface area contributed by atoms with Crippen LogP contribution < -0.4 is 0 Å². The molecule has 92 valence electrons. The van der Waals surface area contributed by atoms with Gasteiger partial charge in [0.1, 0.15) is 0 Å². The first-order valence-corrected chi connectivity index (χ1v) is 7.12. The van der Waals surface area contributed by atoms with Gasteiger partial charge in [-0.1, -0.05) is 6.42 Å². The fourth-order valence-electron chi connectivity index (χ4n) is 3.81. The van der Waals surface area contributed by atoms with Gasteiger partial charge in [0.25, 0.3) is 0 Å². The Morgan fingerprint density at radius 1 is 1.65 bits per heavy atom. The SMILES string of the molecule is Cc1nc(CC2(C(=O)O)CC3CCC2C3)cs1. The topological polar surface area (TPSA) is 50.2 Å². The Labute approximate surface area is 105 Å². The van der Waals surface area contributed by atoms with Crippen LogP contribution in [-0.2, 0) is 11.2 Å². The highest BCUT2D eigenvalue weighted by Crippen LogP contribution is 2.57. The molecule has 0 saturated heterocycles. The minimum absolute atomic E-state index is 0.381. The fraction of sp³-hybridized carbons (Fsp3) is 0.692. The zero-order valence-corrected chi connectivity index (χ0v) is 10.8. The van der Waals surface area contributed by atoms with E-state index in [4.69, 9.17) is 0 Å². The van der Waals surface area contributed by atoms with Crippen LogP contribution in [0.5, 0.6) is 0 Å². The highest BCUT2D eigenvalue weighted by Gasteiger charge is 2.55. The van der Waals surface area contributed by atoms with E-state index in [1.165, 1.54) is 6.42 Å². The van der Waals surface area contributed by atoms with Crippen LogP contribution in [0.2, 0.25) is 0 Å². The quantitative estimate of drug-likeness (QED) is 0.898. The Morgan fingerprint density at radius 3 is 2.94 bits per heavy atom. The summed E-state index contributed by atoms with van der Waals surface area (Å²) in [4.78, 5) is 16.1. The third kappa shape index (κ3) is 1.69. The summed E-state index contributed by atoms with van der Waals surface area (Å²) in [5.74, 6) is 0.429. The summed E-state index contributed by atoms with van der Waals surface area (Å²) in [5, 5.41) is 12.7. The largest absolute Gasteiger partial charge is 0.481 e. The van der Waals surface area contributed by atoms with E-state index in [1.807, 2.05) is 12.3 Å². The molecule has 3 rings (SSSR count). The minimum atomic E-state index is -0.602. The summed E-state index contributed by atoms with van der Waals surface area (Å²) in [6, 6.07) is 0. The molecule has 2 saturated carbocycles. The Balaban J connectivity index is 1.89. The van der Waals surface area contributed by atoms with Crippen molar-refractivity contribution < 1.29 is 9.90 Å². The van der Waals surface area contributed by atoms with Crippen LogP contribution >= 0.6 is 11.3 Å². The number of carbonyl (C=O) groups is 1. The summed E-state index contributed by atoms with van der Waals surface area (Å²) < 4.78 is 0. The summed E-state index contributed by atoms with van der Waals surface area (Å²) in [7, 11) is 0. The molecule has 2 bridgehead atoms. The summed E-state index contributed by atoms with van der Waals surface area (Å²) >= 11 is 1.61. The summed E-state index contributed by atoms with van der Waals surface area (Å²) in [6.45, 7) is 1.97. The lowest BCUT2D eigenvalue weighted by atomic mass is 9.70. The Hall–Kier alpha value is -0.900. The molecule has 0 amide bonds. The van der Waals surface area contributed by atoms with Gasteiger partial charge in [-0.25, -0.2) is 4.98 Å². The van der Waals surface area contributed by atoms with E-state index in [0.717, 1.165) is 30.0 Å². The molecule has 0 spiro atoms. The van der Waals surface area contributed by atoms with Gasteiger partial charge in [-0.05, 0) is 38.0 Å². The molecule has 3 atom stereocenters. The van der Waals surface area contributed by atoms with E-state index in [2.05, 4.69) is 4.98 Å². The van der Waals surface area contributed by atoms with Crippen LogP contribution in [0.3, 0.4) is 0 Å². The smallest absolute Gasteiger partial charge is 0.310 e. The van der Waals surface area contributed by atoms with Gasteiger partial charge in [-0.2, -0.15) is 0 Å². The van der Waals surface area contributed by atoms with E-state index >= 15 is 0 Å².